The average molecular weight is 382 g/mol. The predicted octanol–water partition coefficient (Wildman–Crippen LogP) is 3.33. The number of anilines is 1. The molecular weight excluding hydrogens is 359 g/mol. The van der Waals surface area contributed by atoms with Crippen LogP contribution in [0.3, 0.4) is 0 Å². The third kappa shape index (κ3) is 3.64. The largest absolute Gasteiger partial charge is 0.381 e. The summed E-state index contributed by atoms with van der Waals surface area (Å²) in [6.07, 6.45) is 1.46. The number of likely N-dealkylation sites (tertiary alicyclic amines) is 1. The topological polar surface area (TPSA) is 58.6 Å². The second kappa shape index (κ2) is 7.72. The fourth-order valence-corrected chi connectivity index (χ4v) is 4.33. The van der Waals surface area contributed by atoms with E-state index in [1.807, 2.05) is 18.2 Å². The maximum atomic E-state index is 13.5. The van der Waals surface area contributed by atoms with E-state index in [0.717, 1.165) is 12.8 Å². The zero-order chi connectivity index (χ0) is 19.6. The van der Waals surface area contributed by atoms with Crippen LogP contribution in [-0.4, -0.2) is 43.0 Å². The summed E-state index contributed by atoms with van der Waals surface area (Å²) in [5.41, 5.74) is 0.746. The highest BCUT2D eigenvalue weighted by Gasteiger charge is 2.51. The quantitative estimate of drug-likeness (QED) is 0.886. The normalized spacial score (nSPS) is 20.9. The summed E-state index contributed by atoms with van der Waals surface area (Å²) in [6, 6.07) is 15.0. The van der Waals surface area contributed by atoms with E-state index in [1.165, 1.54) is 12.1 Å². The molecule has 0 bridgehead atoms. The Morgan fingerprint density at radius 3 is 2.54 bits per heavy atom. The van der Waals surface area contributed by atoms with Gasteiger partial charge in [-0.1, -0.05) is 24.3 Å². The van der Waals surface area contributed by atoms with Crippen molar-refractivity contribution in [2.45, 2.75) is 12.8 Å². The van der Waals surface area contributed by atoms with Gasteiger partial charge in [0.05, 0.1) is 5.92 Å². The van der Waals surface area contributed by atoms with Crippen LogP contribution in [0.5, 0.6) is 0 Å². The van der Waals surface area contributed by atoms with Gasteiger partial charge in [0.2, 0.25) is 5.91 Å². The first-order chi connectivity index (χ1) is 13.6. The molecule has 0 aromatic heterocycles. The highest BCUT2D eigenvalue weighted by molar-refractivity contribution is 5.97. The maximum Gasteiger partial charge on any atom is 0.253 e. The van der Waals surface area contributed by atoms with Crippen molar-refractivity contribution >= 4 is 17.5 Å². The lowest BCUT2D eigenvalue weighted by Gasteiger charge is -2.37. The molecule has 6 heteroatoms. The zero-order valence-corrected chi connectivity index (χ0v) is 15.6. The smallest absolute Gasteiger partial charge is 0.253 e. The van der Waals surface area contributed by atoms with Crippen molar-refractivity contribution in [1.82, 2.24) is 4.90 Å². The van der Waals surface area contributed by atoms with Crippen molar-refractivity contribution in [3.8, 4) is 0 Å². The maximum absolute atomic E-state index is 13.5. The van der Waals surface area contributed by atoms with E-state index in [2.05, 4.69) is 5.32 Å². The van der Waals surface area contributed by atoms with Crippen molar-refractivity contribution in [3.63, 3.8) is 0 Å². The number of amides is 2. The highest BCUT2D eigenvalue weighted by Crippen LogP contribution is 2.45. The van der Waals surface area contributed by atoms with E-state index in [-0.39, 0.29) is 23.1 Å². The van der Waals surface area contributed by atoms with Gasteiger partial charge < -0.3 is 15.0 Å². The van der Waals surface area contributed by atoms with Gasteiger partial charge in [-0.25, -0.2) is 4.39 Å². The number of carbonyl (C=O) groups is 2. The van der Waals surface area contributed by atoms with Gasteiger partial charge in [0.1, 0.15) is 5.82 Å². The molecule has 1 atom stereocenters. The lowest BCUT2D eigenvalue weighted by molar-refractivity contribution is -0.124. The van der Waals surface area contributed by atoms with E-state index in [9.17, 15) is 14.0 Å². The number of ether oxygens (including phenoxy) is 1. The van der Waals surface area contributed by atoms with Crippen molar-refractivity contribution in [3.05, 3.63) is 66.0 Å². The molecule has 28 heavy (non-hydrogen) atoms. The van der Waals surface area contributed by atoms with Crippen molar-refractivity contribution < 1.29 is 18.7 Å². The van der Waals surface area contributed by atoms with E-state index < -0.39 is 5.82 Å². The molecule has 146 valence electrons. The summed E-state index contributed by atoms with van der Waals surface area (Å²) >= 11 is 0. The van der Waals surface area contributed by atoms with Crippen LogP contribution in [0, 0.1) is 17.2 Å². The molecule has 1 N–H and O–H groups in total. The minimum atomic E-state index is -0.397. The lowest BCUT2D eigenvalue weighted by Crippen LogP contribution is -2.42. The molecule has 5 nitrogen and oxygen atoms in total. The standard InChI is InChI=1S/C22H23FN2O3/c23-17-7-4-8-18(13-17)24-20(26)19-14-25(15-22(19)9-11-28-12-10-22)21(27)16-5-2-1-3-6-16/h1-8,13,19H,9-12,14-15H2,(H,24,26)/t19-/m0/s1. The monoisotopic (exact) mass is 382 g/mol. The van der Waals surface area contributed by atoms with Crippen LogP contribution in [0.15, 0.2) is 54.6 Å². The molecule has 2 saturated heterocycles. The van der Waals surface area contributed by atoms with Crippen LogP contribution < -0.4 is 5.32 Å². The second-order valence-electron chi connectivity index (χ2n) is 7.58. The Bertz CT molecular complexity index is 865. The van der Waals surface area contributed by atoms with Gasteiger partial charge in [0.15, 0.2) is 0 Å². The van der Waals surface area contributed by atoms with Crippen molar-refractivity contribution in [2.24, 2.45) is 11.3 Å². The number of nitrogens with one attached hydrogen (secondary N) is 1. The Hall–Kier alpha value is -2.73. The van der Waals surface area contributed by atoms with E-state index >= 15 is 0 Å². The predicted molar refractivity (Wildman–Crippen MR) is 103 cm³/mol. The molecule has 2 amide bonds. The molecular formula is C22H23FN2O3. The van der Waals surface area contributed by atoms with Crippen molar-refractivity contribution in [2.75, 3.05) is 31.6 Å². The molecule has 2 aliphatic rings. The fourth-order valence-electron chi connectivity index (χ4n) is 4.33. The minimum absolute atomic E-state index is 0.0625. The van der Waals surface area contributed by atoms with Crippen molar-refractivity contribution in [1.29, 1.82) is 0 Å². The summed E-state index contributed by atoms with van der Waals surface area (Å²) in [5.74, 6) is -0.985. The molecule has 2 aliphatic heterocycles. The number of carbonyl (C=O) groups excluding carboxylic acids is 2. The highest BCUT2D eigenvalue weighted by atomic mass is 19.1. The van der Waals surface area contributed by atoms with Gasteiger partial charge in [-0.05, 0) is 43.2 Å². The average Bonchev–Trinajstić information content (AvgIpc) is 3.07. The molecule has 0 unspecified atom stereocenters. The summed E-state index contributed by atoms with van der Waals surface area (Å²) in [7, 11) is 0. The minimum Gasteiger partial charge on any atom is -0.381 e. The van der Waals surface area contributed by atoms with E-state index in [4.69, 9.17) is 4.74 Å². The number of benzene rings is 2. The molecule has 2 fully saturated rings. The number of halogens is 1. The third-order valence-corrected chi connectivity index (χ3v) is 5.85. The molecule has 2 heterocycles. The molecule has 0 aliphatic carbocycles. The van der Waals surface area contributed by atoms with Gasteiger partial charge in [-0.3, -0.25) is 9.59 Å². The molecule has 2 aromatic rings. The van der Waals surface area contributed by atoms with Crippen LogP contribution in [0.25, 0.3) is 0 Å². The van der Waals surface area contributed by atoms with Crippen LogP contribution >= 0.6 is 0 Å². The SMILES string of the molecule is O=C(Nc1cccc(F)c1)[C@@H]1CN(C(=O)c2ccccc2)CC12CCOCC2. The third-order valence-electron chi connectivity index (χ3n) is 5.85. The summed E-state index contributed by atoms with van der Waals surface area (Å²) in [4.78, 5) is 27.8. The van der Waals surface area contributed by atoms with Crippen LogP contribution in [0.4, 0.5) is 10.1 Å². The van der Waals surface area contributed by atoms with Gasteiger partial charge in [0.25, 0.3) is 5.91 Å². The first kappa shape index (κ1) is 18.6. The van der Waals surface area contributed by atoms with E-state index in [1.54, 1.807) is 29.2 Å². The van der Waals surface area contributed by atoms with Crippen LogP contribution in [0.2, 0.25) is 0 Å². The number of hydrogen-bond donors (Lipinski definition) is 1. The molecule has 2 aromatic carbocycles. The Labute approximate surface area is 163 Å². The number of hydrogen-bond acceptors (Lipinski definition) is 3. The lowest BCUT2D eigenvalue weighted by atomic mass is 9.71. The molecule has 1 spiro atoms. The first-order valence-electron chi connectivity index (χ1n) is 9.56. The van der Waals surface area contributed by atoms with Crippen LogP contribution in [-0.2, 0) is 9.53 Å². The Balaban J connectivity index is 1.57. The molecule has 0 saturated carbocycles. The zero-order valence-electron chi connectivity index (χ0n) is 15.6. The Morgan fingerprint density at radius 1 is 1.07 bits per heavy atom. The molecule has 0 radical (unpaired) electrons. The van der Waals surface area contributed by atoms with Gasteiger partial charge in [-0.15, -0.1) is 0 Å². The van der Waals surface area contributed by atoms with Gasteiger partial charge in [0, 0.05) is 43.0 Å². The summed E-state index contributed by atoms with van der Waals surface area (Å²) < 4.78 is 19.0. The summed E-state index contributed by atoms with van der Waals surface area (Å²) in [5, 5.41) is 2.84. The first-order valence-corrected chi connectivity index (χ1v) is 9.56. The van der Waals surface area contributed by atoms with E-state index in [0.29, 0.717) is 37.6 Å². The number of rotatable bonds is 3. The molecule has 4 rings (SSSR count). The van der Waals surface area contributed by atoms with Crippen LogP contribution in [0.1, 0.15) is 23.2 Å². The number of nitrogens with zero attached hydrogens (tertiary/aromatic N) is 1. The van der Waals surface area contributed by atoms with Gasteiger partial charge >= 0.3 is 0 Å². The second-order valence-corrected chi connectivity index (χ2v) is 7.58. The Kier molecular flexibility index (Phi) is 5.13. The summed E-state index contributed by atoms with van der Waals surface area (Å²) in [6.45, 7) is 2.05. The van der Waals surface area contributed by atoms with Gasteiger partial charge in [-0.2, -0.15) is 0 Å². The fraction of sp³-hybridized carbons (Fsp3) is 0.364. The Morgan fingerprint density at radius 2 is 1.82 bits per heavy atom.